The molecule has 1 unspecified atom stereocenters. The number of carbonyl (C=O) groups is 1. The van der Waals surface area contributed by atoms with Crippen LogP contribution in [0.1, 0.15) is 43.2 Å². The van der Waals surface area contributed by atoms with Gasteiger partial charge < -0.3 is 20.4 Å². The highest BCUT2D eigenvalue weighted by Crippen LogP contribution is 2.49. The highest BCUT2D eigenvalue weighted by molar-refractivity contribution is 7.90. The number of pyridine rings is 1. The third kappa shape index (κ3) is 4.85. The van der Waals surface area contributed by atoms with Crippen LogP contribution >= 0.6 is 0 Å². The number of aromatic nitrogens is 3. The van der Waals surface area contributed by atoms with Gasteiger partial charge in [0, 0.05) is 25.3 Å². The van der Waals surface area contributed by atoms with Crippen LogP contribution in [-0.4, -0.2) is 48.1 Å². The van der Waals surface area contributed by atoms with Gasteiger partial charge in [-0.15, -0.1) is 0 Å². The largest absolute Gasteiger partial charge is 0.374 e. The smallest absolute Gasteiger partial charge is 0.260 e. The normalized spacial score (nSPS) is 21.6. The Labute approximate surface area is 200 Å². The van der Waals surface area contributed by atoms with E-state index in [9.17, 15) is 22.0 Å². The fourth-order valence-corrected chi connectivity index (χ4v) is 5.14. The lowest BCUT2D eigenvalue weighted by Crippen LogP contribution is -2.18. The van der Waals surface area contributed by atoms with E-state index in [1.807, 2.05) is 6.07 Å². The van der Waals surface area contributed by atoms with E-state index in [2.05, 4.69) is 25.6 Å². The van der Waals surface area contributed by atoms with Gasteiger partial charge in [-0.05, 0) is 43.9 Å². The van der Waals surface area contributed by atoms with Crippen LogP contribution in [0.2, 0.25) is 0 Å². The van der Waals surface area contributed by atoms with Crippen LogP contribution in [0.15, 0.2) is 29.2 Å². The summed E-state index contributed by atoms with van der Waals surface area (Å²) in [5.41, 5.74) is 2.19. The molecular weight excluding hydrogens is 480 g/mol. The molecule has 12 heteroatoms. The molecule has 2 atom stereocenters. The van der Waals surface area contributed by atoms with Crippen molar-refractivity contribution >= 4 is 44.1 Å². The number of ether oxygens (including phenoxy) is 1. The Morgan fingerprint density at radius 1 is 1.20 bits per heavy atom. The zero-order chi connectivity index (χ0) is 25.0. The van der Waals surface area contributed by atoms with E-state index in [-0.39, 0.29) is 16.8 Å². The number of H-pyrrole nitrogens is 1. The second kappa shape index (κ2) is 8.52. The predicted octanol–water partition coefficient (Wildman–Crippen LogP) is 4.25. The average Bonchev–Trinajstić information content (AvgIpc) is 3.27. The number of fused-ring (bicyclic) bond motifs is 1. The van der Waals surface area contributed by atoms with Crippen LogP contribution in [0.4, 0.5) is 26.0 Å². The average molecular weight is 506 g/mol. The first-order valence-electron chi connectivity index (χ1n) is 11.3. The fourth-order valence-electron chi connectivity index (χ4n) is 4.27. The van der Waals surface area contributed by atoms with Crippen molar-refractivity contribution in [3.8, 4) is 0 Å². The molecule has 3 heterocycles. The maximum atomic E-state index is 13.3. The molecule has 35 heavy (non-hydrogen) atoms. The van der Waals surface area contributed by atoms with E-state index in [1.54, 1.807) is 19.1 Å². The summed E-state index contributed by atoms with van der Waals surface area (Å²) in [5.74, 6) is -4.62. The number of amides is 1. The van der Waals surface area contributed by atoms with Gasteiger partial charge >= 0.3 is 0 Å². The fraction of sp³-hybridized carbons (Fsp3) is 0.435. The molecule has 1 aromatic carbocycles. The number of carbonyl (C=O) groups excluding carboxylic acids is 1. The molecule has 0 bridgehead atoms. The summed E-state index contributed by atoms with van der Waals surface area (Å²) in [5, 5.41) is 5.53. The Morgan fingerprint density at radius 3 is 2.63 bits per heavy atom. The Kier molecular flexibility index (Phi) is 5.75. The topological polar surface area (TPSA) is 126 Å². The lowest BCUT2D eigenvalue weighted by molar-refractivity contribution is -0.119. The molecule has 2 aliphatic rings. The second-order valence-electron chi connectivity index (χ2n) is 9.09. The maximum Gasteiger partial charge on any atom is 0.260 e. The van der Waals surface area contributed by atoms with Gasteiger partial charge in [0.15, 0.2) is 15.5 Å². The van der Waals surface area contributed by atoms with Crippen molar-refractivity contribution in [2.75, 3.05) is 23.5 Å². The minimum atomic E-state index is -3.62. The summed E-state index contributed by atoms with van der Waals surface area (Å²) in [6.45, 7) is 2.35. The lowest BCUT2D eigenvalue weighted by atomic mass is 10.0. The first-order valence-corrected chi connectivity index (χ1v) is 13.2. The zero-order valence-electron chi connectivity index (χ0n) is 19.2. The number of alkyl halides is 2. The molecule has 1 amide bonds. The number of anilines is 3. The molecule has 2 aromatic heterocycles. The second-order valence-corrected chi connectivity index (χ2v) is 11.1. The number of halogens is 2. The maximum absolute atomic E-state index is 13.3. The summed E-state index contributed by atoms with van der Waals surface area (Å²) in [7, 11) is -3.62. The number of rotatable bonds is 6. The van der Waals surface area contributed by atoms with Gasteiger partial charge in [-0.25, -0.2) is 27.2 Å². The summed E-state index contributed by atoms with van der Waals surface area (Å²) in [6, 6.07) is 6.54. The van der Waals surface area contributed by atoms with Crippen LogP contribution in [0.25, 0.3) is 11.2 Å². The van der Waals surface area contributed by atoms with Gasteiger partial charge in [-0.2, -0.15) is 0 Å². The number of hydrogen-bond acceptors (Lipinski definition) is 7. The van der Waals surface area contributed by atoms with Crippen molar-refractivity contribution < 1.29 is 26.7 Å². The molecule has 0 spiro atoms. The summed E-state index contributed by atoms with van der Waals surface area (Å²) in [4.78, 5) is 23.9. The monoisotopic (exact) mass is 505 g/mol. The number of aromatic amines is 1. The standard InChI is InChI=1S/C23H25F2N5O4S/c1-12-26-20-16(10-19(29-21(20)27-12)30-22(31)14-11-23(14,24)25)28-15-7-6-13(9-18(15)35(2,32)33)17-5-3-4-8-34-17/h6-7,9-10,14,17H,3-5,8,11H2,1-2H3,(H3,26,27,28,29,30,31)/t14?,17-/m0/s1. The minimum Gasteiger partial charge on any atom is -0.374 e. The van der Waals surface area contributed by atoms with Crippen molar-refractivity contribution in [3.63, 3.8) is 0 Å². The molecule has 3 aromatic rings. The Bertz CT molecular complexity index is 1420. The van der Waals surface area contributed by atoms with Gasteiger partial charge in [-0.3, -0.25) is 4.79 Å². The van der Waals surface area contributed by atoms with Crippen LogP contribution in [-0.2, 0) is 19.4 Å². The van der Waals surface area contributed by atoms with Gasteiger partial charge in [0.2, 0.25) is 5.91 Å². The van der Waals surface area contributed by atoms with Gasteiger partial charge in [0.05, 0.1) is 22.4 Å². The van der Waals surface area contributed by atoms with Crippen LogP contribution in [0, 0.1) is 12.8 Å². The number of imidazole rings is 1. The third-order valence-electron chi connectivity index (χ3n) is 6.19. The molecule has 0 radical (unpaired) electrons. The summed E-state index contributed by atoms with van der Waals surface area (Å²) < 4.78 is 57.8. The lowest BCUT2D eigenvalue weighted by Gasteiger charge is -2.24. The molecule has 1 saturated heterocycles. The highest BCUT2D eigenvalue weighted by atomic mass is 32.2. The molecule has 9 nitrogen and oxygen atoms in total. The van der Waals surface area contributed by atoms with E-state index >= 15 is 0 Å². The molecule has 5 rings (SSSR count). The number of sulfone groups is 1. The van der Waals surface area contributed by atoms with E-state index in [1.165, 1.54) is 6.07 Å². The first-order chi connectivity index (χ1) is 16.5. The quantitative estimate of drug-likeness (QED) is 0.457. The SMILES string of the molecule is Cc1nc2c(Nc3ccc([C@@H]4CCCCO4)cc3S(C)(=O)=O)cc(NC(=O)C3CC3(F)F)nc2[nH]1. The first kappa shape index (κ1) is 23.6. The predicted molar refractivity (Wildman–Crippen MR) is 126 cm³/mol. The Morgan fingerprint density at radius 2 is 1.97 bits per heavy atom. The number of nitrogens with zero attached hydrogens (tertiary/aromatic N) is 2. The Balaban J connectivity index is 1.51. The summed E-state index contributed by atoms with van der Waals surface area (Å²) in [6.07, 6.45) is 3.27. The van der Waals surface area contributed by atoms with Crippen LogP contribution in [0.5, 0.6) is 0 Å². The zero-order valence-corrected chi connectivity index (χ0v) is 20.0. The van der Waals surface area contributed by atoms with E-state index in [0.29, 0.717) is 35.0 Å². The van der Waals surface area contributed by atoms with Crippen molar-refractivity contribution in [3.05, 3.63) is 35.7 Å². The summed E-state index contributed by atoms with van der Waals surface area (Å²) >= 11 is 0. The van der Waals surface area contributed by atoms with Crippen LogP contribution in [0.3, 0.4) is 0 Å². The van der Waals surface area contributed by atoms with E-state index in [4.69, 9.17) is 4.74 Å². The molecular formula is C23H25F2N5O4S. The molecule has 2 fully saturated rings. The van der Waals surface area contributed by atoms with Crippen molar-refractivity contribution in [2.24, 2.45) is 5.92 Å². The van der Waals surface area contributed by atoms with Crippen molar-refractivity contribution in [2.45, 2.75) is 49.5 Å². The molecule has 3 N–H and O–H groups in total. The van der Waals surface area contributed by atoms with Gasteiger partial charge in [-0.1, -0.05) is 6.07 Å². The highest BCUT2D eigenvalue weighted by Gasteiger charge is 2.61. The van der Waals surface area contributed by atoms with Gasteiger partial charge in [0.25, 0.3) is 5.92 Å². The third-order valence-corrected chi connectivity index (χ3v) is 7.33. The van der Waals surface area contributed by atoms with E-state index in [0.717, 1.165) is 31.1 Å². The number of hydrogen-bond donors (Lipinski definition) is 3. The number of benzene rings is 1. The van der Waals surface area contributed by atoms with E-state index < -0.39 is 34.0 Å². The Hall–Kier alpha value is -3.12. The molecule has 1 saturated carbocycles. The van der Waals surface area contributed by atoms with Crippen molar-refractivity contribution in [1.82, 2.24) is 15.0 Å². The van der Waals surface area contributed by atoms with Crippen LogP contribution < -0.4 is 10.6 Å². The number of nitrogens with one attached hydrogen (secondary N) is 3. The molecule has 1 aliphatic heterocycles. The van der Waals surface area contributed by atoms with Crippen molar-refractivity contribution in [1.29, 1.82) is 0 Å². The molecule has 1 aliphatic carbocycles. The van der Waals surface area contributed by atoms with Gasteiger partial charge in [0.1, 0.15) is 23.1 Å². The number of aryl methyl sites for hydroxylation is 1. The molecule has 186 valence electrons. The minimum absolute atomic E-state index is 0.0458.